The van der Waals surface area contributed by atoms with Crippen LogP contribution in [0.15, 0.2) is 48.5 Å². The summed E-state index contributed by atoms with van der Waals surface area (Å²) in [5, 5.41) is 3.81. The topological polar surface area (TPSA) is 63.7 Å². The van der Waals surface area contributed by atoms with E-state index in [4.69, 9.17) is 9.47 Å². The molecule has 0 fully saturated rings. The van der Waals surface area contributed by atoms with Crippen LogP contribution in [0.3, 0.4) is 0 Å². The minimum absolute atomic E-state index is 0.0712. The number of nitrogens with zero attached hydrogens (tertiary/aromatic N) is 2. The summed E-state index contributed by atoms with van der Waals surface area (Å²) in [4.78, 5) is 20.1. The highest BCUT2D eigenvalue weighted by Gasteiger charge is 2.17. The fourth-order valence-corrected chi connectivity index (χ4v) is 4.25. The zero-order valence-corrected chi connectivity index (χ0v) is 19.3. The van der Waals surface area contributed by atoms with Gasteiger partial charge in [-0.25, -0.2) is 4.98 Å². The number of carbonyl (C=O) groups is 1. The van der Waals surface area contributed by atoms with E-state index in [-0.39, 0.29) is 5.91 Å². The quantitative estimate of drug-likeness (QED) is 0.461. The molecule has 0 saturated heterocycles. The number of aryl methyl sites for hydroxylation is 1. The number of amides is 1. The number of carbonyl (C=O) groups excluding carboxylic acids is 1. The molecule has 1 N–H and O–H groups in total. The second kappa shape index (κ2) is 10.8. The number of nitrogens with one attached hydrogen (secondary N) is 1. The molecule has 1 aromatic heterocycles. The Balaban J connectivity index is 1.53. The SMILES string of the molecule is COc1ccc(-c2nc(C)c(C(=O)NCCCCN(C)c3ccccc3)s2)cc1OC. The number of hydrogen-bond donors (Lipinski definition) is 1. The van der Waals surface area contributed by atoms with E-state index >= 15 is 0 Å². The molecule has 0 bridgehead atoms. The summed E-state index contributed by atoms with van der Waals surface area (Å²) >= 11 is 1.39. The first kappa shape index (κ1) is 22.6. The number of thiazole rings is 1. The lowest BCUT2D eigenvalue weighted by Gasteiger charge is -2.19. The molecule has 0 unspecified atom stereocenters. The number of hydrogen-bond acceptors (Lipinski definition) is 6. The summed E-state index contributed by atoms with van der Waals surface area (Å²) < 4.78 is 10.7. The van der Waals surface area contributed by atoms with E-state index < -0.39 is 0 Å². The van der Waals surface area contributed by atoms with E-state index in [0.717, 1.165) is 35.7 Å². The van der Waals surface area contributed by atoms with Gasteiger partial charge in [-0.3, -0.25) is 4.79 Å². The van der Waals surface area contributed by atoms with E-state index in [9.17, 15) is 4.79 Å². The van der Waals surface area contributed by atoms with Gasteiger partial charge in [0.05, 0.1) is 19.9 Å². The smallest absolute Gasteiger partial charge is 0.263 e. The Labute approximate surface area is 187 Å². The van der Waals surface area contributed by atoms with E-state index in [1.54, 1.807) is 14.2 Å². The number of ether oxygens (including phenoxy) is 2. The van der Waals surface area contributed by atoms with Crippen molar-refractivity contribution in [2.75, 3.05) is 39.3 Å². The Morgan fingerprint density at radius 2 is 1.81 bits per heavy atom. The average molecular weight is 440 g/mol. The van der Waals surface area contributed by atoms with Gasteiger partial charge in [0.1, 0.15) is 9.88 Å². The van der Waals surface area contributed by atoms with Crippen LogP contribution in [0.4, 0.5) is 5.69 Å². The summed E-state index contributed by atoms with van der Waals surface area (Å²) in [6.07, 6.45) is 1.92. The largest absolute Gasteiger partial charge is 0.493 e. The van der Waals surface area contributed by atoms with Crippen LogP contribution in [-0.2, 0) is 0 Å². The van der Waals surface area contributed by atoms with Gasteiger partial charge in [0.15, 0.2) is 11.5 Å². The molecule has 0 aliphatic carbocycles. The molecule has 2 aromatic carbocycles. The molecule has 0 atom stereocenters. The van der Waals surface area contributed by atoms with Crippen molar-refractivity contribution < 1.29 is 14.3 Å². The average Bonchev–Trinajstić information content (AvgIpc) is 3.20. The summed E-state index contributed by atoms with van der Waals surface area (Å²) in [6, 6.07) is 15.9. The van der Waals surface area contributed by atoms with Crippen LogP contribution in [0.25, 0.3) is 10.6 Å². The lowest BCUT2D eigenvalue weighted by molar-refractivity contribution is 0.0956. The van der Waals surface area contributed by atoms with Crippen molar-refractivity contribution in [3.05, 3.63) is 59.1 Å². The first-order valence-corrected chi connectivity index (χ1v) is 11.1. The first-order valence-electron chi connectivity index (χ1n) is 10.3. The molecule has 3 aromatic rings. The standard InChI is InChI=1S/C24H29N3O3S/c1-17-22(31-24(26-17)18-12-13-20(29-3)21(16-18)30-4)23(28)25-14-8-9-15-27(2)19-10-6-5-7-11-19/h5-7,10-13,16H,8-9,14-15H2,1-4H3,(H,25,28). The molecule has 6 nitrogen and oxygen atoms in total. The monoisotopic (exact) mass is 439 g/mol. The third kappa shape index (κ3) is 5.76. The van der Waals surface area contributed by atoms with Gasteiger partial charge in [-0.2, -0.15) is 0 Å². The molecule has 164 valence electrons. The number of anilines is 1. The summed E-state index contributed by atoms with van der Waals surface area (Å²) in [6.45, 7) is 3.46. The van der Waals surface area contributed by atoms with Crippen molar-refractivity contribution >= 4 is 22.9 Å². The number of benzene rings is 2. The summed E-state index contributed by atoms with van der Waals surface area (Å²) in [5.74, 6) is 1.23. The van der Waals surface area contributed by atoms with Crippen molar-refractivity contribution in [1.29, 1.82) is 0 Å². The Hall–Kier alpha value is -3.06. The van der Waals surface area contributed by atoms with Crippen LogP contribution in [0.2, 0.25) is 0 Å². The highest BCUT2D eigenvalue weighted by Crippen LogP contribution is 2.34. The van der Waals surface area contributed by atoms with E-state index in [1.165, 1.54) is 17.0 Å². The van der Waals surface area contributed by atoms with Crippen molar-refractivity contribution in [1.82, 2.24) is 10.3 Å². The third-order valence-corrected chi connectivity index (χ3v) is 6.24. The van der Waals surface area contributed by atoms with Gasteiger partial charge >= 0.3 is 0 Å². The maximum absolute atomic E-state index is 12.7. The fourth-order valence-electron chi connectivity index (χ4n) is 3.27. The number of rotatable bonds is 10. The van der Waals surface area contributed by atoms with Crippen LogP contribution < -0.4 is 19.7 Å². The summed E-state index contributed by atoms with van der Waals surface area (Å²) in [7, 11) is 5.29. The second-order valence-electron chi connectivity index (χ2n) is 7.22. The minimum atomic E-state index is -0.0712. The number of aromatic nitrogens is 1. The Bertz CT molecular complexity index is 1000. The molecule has 31 heavy (non-hydrogen) atoms. The fraction of sp³-hybridized carbons (Fsp3) is 0.333. The summed E-state index contributed by atoms with van der Waals surface area (Å²) in [5.41, 5.74) is 2.83. The molecule has 0 aliphatic heterocycles. The number of para-hydroxylation sites is 1. The van der Waals surface area contributed by atoms with Gasteiger partial charge in [-0.1, -0.05) is 18.2 Å². The molecule has 0 aliphatic rings. The van der Waals surface area contributed by atoms with Crippen molar-refractivity contribution in [2.45, 2.75) is 19.8 Å². The molecule has 1 amide bonds. The van der Waals surface area contributed by atoms with Gasteiger partial charge in [-0.05, 0) is 50.1 Å². The van der Waals surface area contributed by atoms with E-state index in [1.807, 2.05) is 43.3 Å². The highest BCUT2D eigenvalue weighted by atomic mass is 32.1. The van der Waals surface area contributed by atoms with Gasteiger partial charge in [0.25, 0.3) is 5.91 Å². The lowest BCUT2D eigenvalue weighted by atomic mass is 10.2. The molecule has 0 spiro atoms. The van der Waals surface area contributed by atoms with Crippen LogP contribution >= 0.6 is 11.3 Å². The zero-order chi connectivity index (χ0) is 22.2. The zero-order valence-electron chi connectivity index (χ0n) is 18.5. The highest BCUT2D eigenvalue weighted by molar-refractivity contribution is 7.17. The molecule has 3 rings (SSSR count). The minimum Gasteiger partial charge on any atom is -0.493 e. The maximum atomic E-state index is 12.7. The number of methoxy groups -OCH3 is 2. The van der Waals surface area contributed by atoms with Crippen LogP contribution in [0, 0.1) is 6.92 Å². The second-order valence-corrected chi connectivity index (χ2v) is 8.22. The van der Waals surface area contributed by atoms with Crippen molar-refractivity contribution in [3.63, 3.8) is 0 Å². The van der Waals surface area contributed by atoms with Crippen LogP contribution in [0.5, 0.6) is 11.5 Å². The predicted molar refractivity (Wildman–Crippen MR) is 127 cm³/mol. The molecule has 7 heteroatoms. The van der Waals surface area contributed by atoms with E-state index in [2.05, 4.69) is 34.4 Å². The van der Waals surface area contributed by atoms with Crippen molar-refractivity contribution in [3.8, 4) is 22.1 Å². The molecule has 0 radical (unpaired) electrons. The third-order valence-electron chi connectivity index (χ3n) is 5.04. The van der Waals surface area contributed by atoms with Gasteiger partial charge in [-0.15, -0.1) is 11.3 Å². The number of unbranched alkanes of at least 4 members (excludes halogenated alkanes) is 1. The lowest BCUT2D eigenvalue weighted by Crippen LogP contribution is -2.25. The van der Waals surface area contributed by atoms with Crippen molar-refractivity contribution in [2.24, 2.45) is 0 Å². The molecular formula is C24H29N3O3S. The Morgan fingerprint density at radius 1 is 1.06 bits per heavy atom. The van der Waals surface area contributed by atoms with E-state index in [0.29, 0.717) is 22.9 Å². The van der Waals surface area contributed by atoms with Crippen LogP contribution in [-0.4, -0.2) is 45.2 Å². The molecule has 0 saturated carbocycles. The van der Waals surface area contributed by atoms with Gasteiger partial charge in [0, 0.05) is 31.4 Å². The maximum Gasteiger partial charge on any atom is 0.263 e. The molecule has 1 heterocycles. The Morgan fingerprint density at radius 3 is 2.52 bits per heavy atom. The predicted octanol–water partition coefficient (Wildman–Crippen LogP) is 4.78. The normalized spacial score (nSPS) is 10.6. The van der Waals surface area contributed by atoms with Crippen LogP contribution in [0.1, 0.15) is 28.2 Å². The molecular weight excluding hydrogens is 410 g/mol. The first-order chi connectivity index (χ1) is 15.0. The van der Waals surface area contributed by atoms with Gasteiger partial charge in [0.2, 0.25) is 0 Å². The Kier molecular flexibility index (Phi) is 7.89. The van der Waals surface area contributed by atoms with Gasteiger partial charge < -0.3 is 19.7 Å².